The van der Waals surface area contributed by atoms with E-state index in [1.807, 2.05) is 13.8 Å². The Balaban J connectivity index is 1.58. The van der Waals surface area contributed by atoms with Crippen LogP contribution in [0.25, 0.3) is 0 Å². The molecule has 1 aliphatic carbocycles. The predicted molar refractivity (Wildman–Crippen MR) is 125 cm³/mol. The molecule has 6 nitrogen and oxygen atoms in total. The number of amides is 1. The molecule has 0 aromatic heterocycles. The SMILES string of the molecule is CC(=NNC(=O)C1CC1(c1ccc(C)cc1)c1ccc(C)cc1)c1cccc([N+](=O)[O-])c1. The molecular formula is C26H25N3O3. The average Bonchev–Trinajstić information content (AvgIpc) is 3.55. The minimum Gasteiger partial charge on any atom is -0.273 e. The third kappa shape index (κ3) is 4.04. The lowest BCUT2D eigenvalue weighted by atomic mass is 9.85. The molecule has 1 fully saturated rings. The van der Waals surface area contributed by atoms with Crippen LogP contribution < -0.4 is 5.43 Å². The third-order valence-electron chi connectivity index (χ3n) is 6.22. The van der Waals surface area contributed by atoms with Crippen LogP contribution in [0.1, 0.15) is 41.2 Å². The Labute approximate surface area is 187 Å². The summed E-state index contributed by atoms with van der Waals surface area (Å²) in [5, 5.41) is 15.3. The van der Waals surface area contributed by atoms with E-state index in [1.165, 1.54) is 23.3 Å². The quantitative estimate of drug-likeness (QED) is 0.339. The summed E-state index contributed by atoms with van der Waals surface area (Å²) in [4.78, 5) is 23.7. The Morgan fingerprint density at radius 3 is 2.09 bits per heavy atom. The fourth-order valence-corrected chi connectivity index (χ4v) is 4.21. The smallest absolute Gasteiger partial charge is 0.270 e. The predicted octanol–water partition coefficient (Wildman–Crippen LogP) is 5.06. The highest BCUT2D eigenvalue weighted by molar-refractivity contribution is 6.00. The zero-order valence-corrected chi connectivity index (χ0v) is 18.3. The zero-order valence-electron chi connectivity index (χ0n) is 18.3. The Bertz CT molecular complexity index is 1150. The lowest BCUT2D eigenvalue weighted by molar-refractivity contribution is -0.384. The van der Waals surface area contributed by atoms with Gasteiger partial charge in [-0.2, -0.15) is 5.10 Å². The van der Waals surface area contributed by atoms with Crippen molar-refractivity contribution in [3.63, 3.8) is 0 Å². The van der Waals surface area contributed by atoms with Crippen LogP contribution in [0.3, 0.4) is 0 Å². The highest BCUT2D eigenvalue weighted by Crippen LogP contribution is 2.59. The third-order valence-corrected chi connectivity index (χ3v) is 6.22. The lowest BCUT2D eigenvalue weighted by Crippen LogP contribution is -2.26. The molecule has 0 saturated heterocycles. The maximum absolute atomic E-state index is 13.1. The van der Waals surface area contributed by atoms with Crippen molar-refractivity contribution in [1.82, 2.24) is 5.43 Å². The topological polar surface area (TPSA) is 84.6 Å². The van der Waals surface area contributed by atoms with Gasteiger partial charge in [-0.25, -0.2) is 5.43 Å². The minimum absolute atomic E-state index is 0.0108. The fourth-order valence-electron chi connectivity index (χ4n) is 4.21. The molecule has 0 radical (unpaired) electrons. The van der Waals surface area contributed by atoms with Crippen LogP contribution >= 0.6 is 0 Å². The van der Waals surface area contributed by atoms with Crippen LogP contribution in [-0.2, 0) is 10.2 Å². The molecule has 4 rings (SSSR count). The van der Waals surface area contributed by atoms with E-state index in [-0.39, 0.29) is 22.9 Å². The fraction of sp³-hybridized carbons (Fsp3) is 0.231. The van der Waals surface area contributed by atoms with Gasteiger partial charge in [0, 0.05) is 23.1 Å². The summed E-state index contributed by atoms with van der Waals surface area (Å²) in [7, 11) is 0. The number of hydrogen-bond donors (Lipinski definition) is 1. The molecule has 1 aliphatic rings. The monoisotopic (exact) mass is 427 g/mol. The number of benzene rings is 3. The van der Waals surface area contributed by atoms with Gasteiger partial charge in [0.15, 0.2) is 0 Å². The number of aryl methyl sites for hydroxylation is 2. The largest absolute Gasteiger partial charge is 0.273 e. The Morgan fingerprint density at radius 2 is 1.56 bits per heavy atom. The van der Waals surface area contributed by atoms with Gasteiger partial charge in [0.25, 0.3) is 5.69 Å². The summed E-state index contributed by atoms with van der Waals surface area (Å²) in [5.41, 5.74) is 7.99. The number of non-ortho nitro benzene ring substituents is 1. The van der Waals surface area contributed by atoms with Crippen molar-refractivity contribution in [3.05, 3.63) is 111 Å². The normalized spacial score (nSPS) is 17.0. The highest BCUT2D eigenvalue weighted by atomic mass is 16.6. The number of nitro benzene ring substituents is 1. The molecule has 32 heavy (non-hydrogen) atoms. The summed E-state index contributed by atoms with van der Waals surface area (Å²) in [6.07, 6.45) is 0.705. The number of rotatable bonds is 6. The van der Waals surface area contributed by atoms with Gasteiger partial charge in [0.05, 0.1) is 16.6 Å². The first-order valence-corrected chi connectivity index (χ1v) is 10.5. The van der Waals surface area contributed by atoms with Crippen LogP contribution in [0.5, 0.6) is 0 Å². The van der Waals surface area contributed by atoms with E-state index in [0.717, 1.165) is 11.1 Å². The van der Waals surface area contributed by atoms with Gasteiger partial charge in [-0.1, -0.05) is 71.8 Å². The molecule has 1 N–H and O–H groups in total. The van der Waals surface area contributed by atoms with E-state index in [2.05, 4.69) is 59.1 Å². The molecule has 1 amide bonds. The zero-order chi connectivity index (χ0) is 22.9. The van der Waals surface area contributed by atoms with E-state index >= 15 is 0 Å². The number of nitrogens with zero attached hydrogens (tertiary/aromatic N) is 2. The van der Waals surface area contributed by atoms with Crippen LogP contribution in [0.2, 0.25) is 0 Å². The first-order valence-electron chi connectivity index (χ1n) is 10.5. The molecule has 0 bridgehead atoms. The van der Waals surface area contributed by atoms with Gasteiger partial charge >= 0.3 is 0 Å². The second-order valence-corrected chi connectivity index (χ2v) is 8.44. The number of hydrazone groups is 1. The van der Waals surface area contributed by atoms with E-state index in [0.29, 0.717) is 17.7 Å². The van der Waals surface area contributed by atoms with Crippen LogP contribution in [0.15, 0.2) is 77.9 Å². The van der Waals surface area contributed by atoms with Crippen molar-refractivity contribution in [1.29, 1.82) is 0 Å². The minimum atomic E-state index is -0.447. The molecule has 1 atom stereocenters. The number of carbonyl (C=O) groups is 1. The van der Waals surface area contributed by atoms with Gasteiger partial charge in [-0.05, 0) is 38.3 Å². The van der Waals surface area contributed by atoms with Crippen molar-refractivity contribution in [3.8, 4) is 0 Å². The molecule has 6 heteroatoms. The van der Waals surface area contributed by atoms with Crippen molar-refractivity contribution >= 4 is 17.3 Å². The molecule has 3 aromatic carbocycles. The van der Waals surface area contributed by atoms with Crippen molar-refractivity contribution < 1.29 is 9.72 Å². The molecule has 0 spiro atoms. The average molecular weight is 428 g/mol. The van der Waals surface area contributed by atoms with Crippen LogP contribution in [-0.4, -0.2) is 16.5 Å². The molecule has 1 saturated carbocycles. The van der Waals surface area contributed by atoms with Crippen molar-refractivity contribution in [2.75, 3.05) is 0 Å². The molecule has 0 heterocycles. The molecule has 3 aromatic rings. The summed E-state index contributed by atoms with van der Waals surface area (Å²) < 4.78 is 0. The first-order chi connectivity index (χ1) is 15.3. The van der Waals surface area contributed by atoms with E-state index in [1.54, 1.807) is 19.1 Å². The molecule has 162 valence electrons. The maximum Gasteiger partial charge on any atom is 0.270 e. The summed E-state index contributed by atoms with van der Waals surface area (Å²) in [5.74, 6) is -0.398. The number of hydrogen-bond acceptors (Lipinski definition) is 4. The van der Waals surface area contributed by atoms with Crippen LogP contribution in [0.4, 0.5) is 5.69 Å². The number of nitro groups is 1. The van der Waals surface area contributed by atoms with Gasteiger partial charge < -0.3 is 0 Å². The highest BCUT2D eigenvalue weighted by Gasteiger charge is 2.60. The summed E-state index contributed by atoms with van der Waals surface area (Å²) in [6, 6.07) is 22.9. The van der Waals surface area contributed by atoms with E-state index in [4.69, 9.17) is 0 Å². The standard InChI is InChI=1S/C26H25N3O3/c1-17-7-11-21(12-8-17)26(22-13-9-18(2)10-14-22)16-24(26)25(30)28-27-19(3)20-5-4-6-23(15-20)29(31)32/h4-15,24H,16H2,1-3H3,(H,28,30). The summed E-state index contributed by atoms with van der Waals surface area (Å²) in [6.45, 7) is 5.81. The first kappa shape index (κ1) is 21.4. The number of carbonyl (C=O) groups excluding carboxylic acids is 1. The Morgan fingerprint density at radius 1 is 1.00 bits per heavy atom. The molecule has 1 unspecified atom stereocenters. The van der Waals surface area contributed by atoms with Crippen molar-refractivity contribution in [2.45, 2.75) is 32.6 Å². The van der Waals surface area contributed by atoms with Crippen molar-refractivity contribution in [2.24, 2.45) is 11.0 Å². The maximum atomic E-state index is 13.1. The molecular weight excluding hydrogens is 402 g/mol. The van der Waals surface area contributed by atoms with E-state index < -0.39 is 4.92 Å². The lowest BCUT2D eigenvalue weighted by Gasteiger charge is -2.19. The van der Waals surface area contributed by atoms with Gasteiger partial charge in [0.1, 0.15) is 0 Å². The molecule has 0 aliphatic heterocycles. The Kier molecular flexibility index (Phi) is 5.61. The van der Waals surface area contributed by atoms with Gasteiger partial charge in [-0.3, -0.25) is 14.9 Å². The van der Waals surface area contributed by atoms with Crippen LogP contribution in [0, 0.1) is 29.9 Å². The number of nitrogens with one attached hydrogen (secondary N) is 1. The van der Waals surface area contributed by atoms with Gasteiger partial charge in [-0.15, -0.1) is 0 Å². The second-order valence-electron chi connectivity index (χ2n) is 8.44. The second kappa shape index (κ2) is 8.38. The van der Waals surface area contributed by atoms with Gasteiger partial charge in [0.2, 0.25) is 5.91 Å². The summed E-state index contributed by atoms with van der Waals surface area (Å²) >= 11 is 0. The van der Waals surface area contributed by atoms with E-state index in [9.17, 15) is 14.9 Å². The Hall–Kier alpha value is -3.80.